The molecule has 1 aliphatic rings. The van der Waals surface area contributed by atoms with Gasteiger partial charge in [0.25, 0.3) is 6.47 Å². The molecule has 0 radical (unpaired) electrons. The first-order valence-electron chi connectivity index (χ1n) is 7.58. The minimum atomic E-state index is -0.407. The number of hydrogen-bond acceptors (Lipinski definition) is 9. The van der Waals surface area contributed by atoms with Crippen LogP contribution < -0.4 is 5.90 Å². The zero-order valence-electron chi connectivity index (χ0n) is 12.9. The van der Waals surface area contributed by atoms with Gasteiger partial charge < -0.3 is 9.64 Å². The average molecular weight is 365 g/mol. The summed E-state index contributed by atoms with van der Waals surface area (Å²) in [5.74, 6) is 5.64. The number of likely N-dealkylation sites (tertiary alicyclic amines) is 1. The molecule has 1 fully saturated rings. The first kappa shape index (κ1) is 20.2. The van der Waals surface area contributed by atoms with E-state index in [0.29, 0.717) is 31.6 Å². The van der Waals surface area contributed by atoms with E-state index in [0.717, 1.165) is 56.1 Å². The van der Waals surface area contributed by atoms with Gasteiger partial charge in [-0.05, 0) is 25.7 Å². The number of amides is 1. The lowest BCUT2D eigenvalue weighted by Crippen LogP contribution is -2.36. The second-order valence-corrected chi connectivity index (χ2v) is 7.03. The lowest BCUT2D eigenvalue weighted by molar-refractivity contribution is -0.150. The number of ether oxygens (including phenoxy) is 1. The van der Waals surface area contributed by atoms with Crippen molar-refractivity contribution in [1.29, 1.82) is 0 Å². The number of unbranched alkanes of at least 4 members (excludes halogenated alkanes) is 1. The molecule has 2 N–H and O–H groups in total. The summed E-state index contributed by atoms with van der Waals surface area (Å²) < 4.78 is 12.2. The Morgan fingerprint density at radius 2 is 2.26 bits per heavy atom. The Bertz CT molecular complexity index is 376. The summed E-state index contributed by atoms with van der Waals surface area (Å²) in [6, 6.07) is 0. The summed E-state index contributed by atoms with van der Waals surface area (Å²) >= 11 is 2.17. The van der Waals surface area contributed by atoms with Crippen LogP contribution in [0.3, 0.4) is 0 Å². The third kappa shape index (κ3) is 8.00. The molecular formula is C13H23N3O5S2. The highest BCUT2D eigenvalue weighted by atomic mass is 32.2. The number of rotatable bonds is 13. The Morgan fingerprint density at radius 3 is 2.96 bits per heavy atom. The van der Waals surface area contributed by atoms with Crippen molar-refractivity contribution in [2.45, 2.75) is 56.4 Å². The summed E-state index contributed by atoms with van der Waals surface area (Å²) in [6.45, 7) is 1.04. The molecule has 1 rings (SSSR count). The largest absolute Gasteiger partial charge is 0.444 e. The average Bonchev–Trinajstić information content (AvgIpc) is 3.00. The maximum atomic E-state index is 12.1. The third-order valence-corrected chi connectivity index (χ3v) is 5.07. The Hall–Kier alpha value is -0.840. The molecule has 0 aliphatic carbocycles. The molecule has 2 atom stereocenters. The molecule has 1 heterocycles. The van der Waals surface area contributed by atoms with Crippen LogP contribution >= 0.6 is 24.0 Å². The molecule has 10 heteroatoms. The SMILES string of the molecule is NOSCCC(CCCCC(=O)N1CCCC1OC=O)SN=O. The second kappa shape index (κ2) is 12.6. The monoisotopic (exact) mass is 365 g/mol. The van der Waals surface area contributed by atoms with Gasteiger partial charge in [0.1, 0.15) is 0 Å². The van der Waals surface area contributed by atoms with Crippen LogP contribution in [0.2, 0.25) is 0 Å². The topological polar surface area (TPSA) is 111 Å². The second-order valence-electron chi connectivity index (χ2n) is 5.17. The zero-order valence-corrected chi connectivity index (χ0v) is 14.6. The van der Waals surface area contributed by atoms with Gasteiger partial charge in [0, 0.05) is 59.0 Å². The molecule has 0 aromatic carbocycles. The van der Waals surface area contributed by atoms with Gasteiger partial charge in [-0.1, -0.05) is 6.42 Å². The molecule has 0 aromatic heterocycles. The van der Waals surface area contributed by atoms with Gasteiger partial charge in [-0.25, -0.2) is 10.2 Å². The lowest BCUT2D eigenvalue weighted by Gasteiger charge is -2.22. The quantitative estimate of drug-likeness (QED) is 0.132. The Morgan fingerprint density at radius 1 is 1.43 bits per heavy atom. The molecule has 8 nitrogen and oxygen atoms in total. The molecule has 0 bridgehead atoms. The van der Waals surface area contributed by atoms with Crippen LogP contribution in [0.4, 0.5) is 0 Å². The summed E-state index contributed by atoms with van der Waals surface area (Å²) in [4.78, 5) is 34.6. The Kier molecular flexibility index (Phi) is 11.0. The zero-order chi connectivity index (χ0) is 16.9. The van der Waals surface area contributed by atoms with Crippen LogP contribution in [0.15, 0.2) is 4.58 Å². The molecule has 23 heavy (non-hydrogen) atoms. The highest BCUT2D eigenvalue weighted by molar-refractivity contribution is 7.98. The minimum Gasteiger partial charge on any atom is -0.444 e. The first-order chi connectivity index (χ1) is 11.2. The molecule has 1 aliphatic heterocycles. The van der Waals surface area contributed by atoms with Crippen LogP contribution in [0, 0.1) is 4.91 Å². The summed E-state index contributed by atoms with van der Waals surface area (Å²) in [5.41, 5.74) is 0. The van der Waals surface area contributed by atoms with Crippen molar-refractivity contribution < 1.29 is 18.6 Å². The molecule has 1 saturated heterocycles. The molecule has 2 unspecified atom stereocenters. The van der Waals surface area contributed by atoms with E-state index in [9.17, 15) is 14.5 Å². The van der Waals surface area contributed by atoms with Gasteiger partial charge in [0.15, 0.2) is 6.23 Å². The van der Waals surface area contributed by atoms with Crippen molar-refractivity contribution in [3.63, 3.8) is 0 Å². The van der Waals surface area contributed by atoms with Crippen molar-refractivity contribution in [2.24, 2.45) is 10.5 Å². The van der Waals surface area contributed by atoms with Crippen LogP contribution in [0.5, 0.6) is 0 Å². The lowest BCUT2D eigenvalue weighted by atomic mass is 10.1. The van der Waals surface area contributed by atoms with Gasteiger partial charge in [-0.15, -0.1) is 4.91 Å². The fourth-order valence-corrected chi connectivity index (χ4v) is 3.80. The third-order valence-electron chi connectivity index (χ3n) is 3.68. The van der Waals surface area contributed by atoms with E-state index < -0.39 is 6.23 Å². The highest BCUT2D eigenvalue weighted by Gasteiger charge is 2.29. The summed E-state index contributed by atoms with van der Waals surface area (Å²) in [7, 11) is 0. The van der Waals surface area contributed by atoms with Gasteiger partial charge in [-0.2, -0.15) is 0 Å². The number of nitrogens with zero attached hydrogens (tertiary/aromatic N) is 2. The Balaban J connectivity index is 2.22. The van der Waals surface area contributed by atoms with Crippen LogP contribution in [-0.2, 0) is 18.6 Å². The van der Waals surface area contributed by atoms with E-state index in [1.165, 1.54) is 0 Å². The standard InChI is InChI=1S/C13H23N3O5S2/c14-21-22-9-7-11(23-15-19)4-1-2-5-12(18)16-8-3-6-13(16)20-10-17/h10-11,13H,1-9,14H2. The van der Waals surface area contributed by atoms with Gasteiger partial charge >= 0.3 is 0 Å². The van der Waals surface area contributed by atoms with Gasteiger partial charge in [0.2, 0.25) is 5.91 Å². The van der Waals surface area contributed by atoms with Crippen molar-refractivity contribution in [3.05, 3.63) is 4.91 Å². The van der Waals surface area contributed by atoms with Crippen LogP contribution in [0.25, 0.3) is 0 Å². The maximum absolute atomic E-state index is 12.1. The fraction of sp³-hybridized carbons (Fsp3) is 0.846. The highest BCUT2D eigenvalue weighted by Crippen LogP contribution is 2.24. The number of nitrogens with two attached hydrogens (primary N) is 1. The predicted molar refractivity (Wildman–Crippen MR) is 89.9 cm³/mol. The number of hydrogen-bond donors (Lipinski definition) is 1. The van der Waals surface area contributed by atoms with E-state index in [4.69, 9.17) is 10.6 Å². The van der Waals surface area contributed by atoms with Crippen LogP contribution in [0.1, 0.15) is 44.9 Å². The van der Waals surface area contributed by atoms with Gasteiger partial charge in [0.05, 0.1) is 0 Å². The predicted octanol–water partition coefficient (Wildman–Crippen LogP) is 2.38. The molecule has 0 spiro atoms. The van der Waals surface area contributed by atoms with Crippen LogP contribution in [-0.4, -0.2) is 41.1 Å². The van der Waals surface area contributed by atoms with Crippen molar-refractivity contribution in [1.82, 2.24) is 4.90 Å². The number of carbonyl (C=O) groups excluding carboxylic acids is 2. The molecular weight excluding hydrogens is 342 g/mol. The van der Waals surface area contributed by atoms with Gasteiger partial charge in [-0.3, -0.25) is 9.59 Å². The molecule has 132 valence electrons. The van der Waals surface area contributed by atoms with E-state index in [1.54, 1.807) is 4.90 Å². The van der Waals surface area contributed by atoms with Crippen molar-refractivity contribution in [2.75, 3.05) is 12.3 Å². The van der Waals surface area contributed by atoms with E-state index in [1.807, 2.05) is 0 Å². The molecule has 0 saturated carbocycles. The van der Waals surface area contributed by atoms with E-state index in [-0.39, 0.29) is 11.2 Å². The number of carbonyl (C=O) groups is 2. The van der Waals surface area contributed by atoms with Crippen molar-refractivity contribution in [3.8, 4) is 0 Å². The van der Waals surface area contributed by atoms with E-state index >= 15 is 0 Å². The smallest absolute Gasteiger partial charge is 0.295 e. The van der Waals surface area contributed by atoms with Crippen molar-refractivity contribution >= 4 is 36.4 Å². The minimum absolute atomic E-state index is 0.0131. The molecule has 1 amide bonds. The van der Waals surface area contributed by atoms with E-state index in [2.05, 4.69) is 8.87 Å². The fourth-order valence-electron chi connectivity index (χ4n) is 2.56. The number of nitroso groups, excluding NO2 is 1. The summed E-state index contributed by atoms with van der Waals surface area (Å²) in [5, 5.41) is 0.114. The normalized spacial score (nSPS) is 18.7. The molecule has 0 aromatic rings. The first-order valence-corrected chi connectivity index (χ1v) is 9.33. The summed E-state index contributed by atoms with van der Waals surface area (Å²) in [6.07, 6.45) is 4.72. The maximum Gasteiger partial charge on any atom is 0.295 e. The Labute approximate surface area is 144 Å².